The van der Waals surface area contributed by atoms with Gasteiger partial charge < -0.3 is 87.9 Å². The Labute approximate surface area is 360 Å². The summed E-state index contributed by atoms with van der Waals surface area (Å²) in [6.45, 7) is 2.32. The number of amides is 7. The third-order valence-corrected chi connectivity index (χ3v) is 8.84. The van der Waals surface area contributed by atoms with E-state index in [1.54, 1.807) is 0 Å². The standard InChI is InChI=1S/C37H67N7O18/c1-6-22(47)31(56)32(57)23(48)10-8-19(46)7-9-20(35(60)42-12-24(49)33(58)34(59)25(50)17-45)44-36(61)21(18-62-5)43-30(55)16-41-29(54)15-40-28(53)14-39-27(52)13-38-26(51)11-37(2,3)4/h20-25,31-34,45,47-50,56-59H,6-18H2,1-5H3,(H,38,51)(H,39,52)(H,40,53)(H,41,54)(H,42,60)(H,43,55)(H,44,61)/t20?,21?,22-,23+,24+,25-,31-,32-,33-,34-/m1/s1/i5D. The van der Waals surface area contributed by atoms with Crippen molar-refractivity contribution in [2.45, 2.75) is 127 Å². The van der Waals surface area contributed by atoms with E-state index in [1.165, 1.54) is 6.92 Å². The predicted octanol–water partition coefficient (Wildman–Crippen LogP) is -7.96. The maximum absolute atomic E-state index is 13.4. The molecule has 0 aromatic heterocycles. The number of carbonyl (C=O) groups excluding carboxylic acids is 8. The SMILES string of the molecule is [2H]COCC(NC(=O)CNC(=O)CNC(=O)CNC(=O)CNC(=O)CC(C)(C)C)C(=O)NC(CCC(=O)CC[C@H](O)[C@@H](O)[C@H](O)[C@H](O)CC)C(=O)NC[C@H](O)[C@@H](O)[C@H](O)[C@H](O)CO. The average Bonchev–Trinajstić information content (AvgIpc) is 3.24. The van der Waals surface area contributed by atoms with Crippen molar-refractivity contribution in [1.82, 2.24) is 37.2 Å². The summed E-state index contributed by atoms with van der Waals surface area (Å²) in [6, 6.07) is -3.26. The molecule has 0 aliphatic carbocycles. The third kappa shape index (κ3) is 24.3. The summed E-state index contributed by atoms with van der Waals surface area (Å²) in [7, 11) is -0.688. The van der Waals surface area contributed by atoms with E-state index in [0.29, 0.717) is 0 Å². The zero-order valence-corrected chi connectivity index (χ0v) is 35.4. The molecule has 358 valence electrons. The molecule has 10 atom stereocenters. The lowest BCUT2D eigenvalue weighted by atomic mass is 9.92. The maximum Gasteiger partial charge on any atom is 0.245 e. The fourth-order valence-corrected chi connectivity index (χ4v) is 5.15. The Hall–Kier alpha value is -4.44. The Balaban J connectivity index is 5.53. The summed E-state index contributed by atoms with van der Waals surface area (Å²) in [4.78, 5) is 100. The third-order valence-electron chi connectivity index (χ3n) is 8.84. The van der Waals surface area contributed by atoms with Crippen LogP contribution in [0.5, 0.6) is 0 Å². The Morgan fingerprint density at radius 3 is 1.53 bits per heavy atom. The molecule has 0 rings (SSSR count). The van der Waals surface area contributed by atoms with E-state index in [0.717, 1.165) is 0 Å². The molecule has 0 fully saturated rings. The van der Waals surface area contributed by atoms with E-state index in [-0.39, 0.29) is 37.1 Å². The van der Waals surface area contributed by atoms with Crippen molar-refractivity contribution in [3.05, 3.63) is 0 Å². The van der Waals surface area contributed by atoms with Crippen LogP contribution in [0.2, 0.25) is 0 Å². The van der Waals surface area contributed by atoms with Gasteiger partial charge in [0.1, 0.15) is 48.4 Å². The number of hydrogen-bond acceptors (Lipinski definition) is 18. The van der Waals surface area contributed by atoms with Gasteiger partial charge in [-0.25, -0.2) is 0 Å². The highest BCUT2D eigenvalue weighted by Gasteiger charge is 2.33. The normalized spacial score (nSPS) is 16.6. The molecule has 0 aliphatic rings. The predicted molar refractivity (Wildman–Crippen MR) is 214 cm³/mol. The van der Waals surface area contributed by atoms with Gasteiger partial charge in [-0.2, -0.15) is 0 Å². The van der Waals surface area contributed by atoms with Crippen LogP contribution in [0.15, 0.2) is 0 Å². The molecule has 7 amide bonds. The van der Waals surface area contributed by atoms with Crippen LogP contribution >= 0.6 is 0 Å². The zero-order chi connectivity index (χ0) is 48.4. The van der Waals surface area contributed by atoms with Gasteiger partial charge in [0.25, 0.3) is 0 Å². The molecule has 0 saturated carbocycles. The van der Waals surface area contributed by atoms with E-state index >= 15 is 0 Å². The summed E-state index contributed by atoms with van der Waals surface area (Å²) in [5.74, 6) is -6.45. The van der Waals surface area contributed by atoms with Gasteiger partial charge in [-0.1, -0.05) is 27.7 Å². The van der Waals surface area contributed by atoms with Gasteiger partial charge in [-0.05, 0) is 24.7 Å². The molecule has 2 unspecified atom stereocenters. The lowest BCUT2D eigenvalue weighted by molar-refractivity contribution is -0.134. The monoisotopic (exact) mass is 898 g/mol. The first-order chi connectivity index (χ1) is 29.4. The highest BCUT2D eigenvalue weighted by atomic mass is 16.5. The van der Waals surface area contributed by atoms with Crippen molar-refractivity contribution in [1.29, 1.82) is 0 Å². The van der Waals surface area contributed by atoms with Crippen LogP contribution in [-0.4, -0.2) is 207 Å². The molecule has 16 N–H and O–H groups in total. The molecular weight excluding hydrogens is 830 g/mol. The van der Waals surface area contributed by atoms with Crippen molar-refractivity contribution >= 4 is 47.1 Å². The van der Waals surface area contributed by atoms with Crippen LogP contribution in [-0.2, 0) is 43.1 Å². The number of hydrogen-bond donors (Lipinski definition) is 16. The van der Waals surface area contributed by atoms with E-state index < -0.39 is 168 Å². The van der Waals surface area contributed by atoms with Crippen LogP contribution in [0.3, 0.4) is 0 Å². The fourth-order valence-electron chi connectivity index (χ4n) is 5.15. The first kappa shape index (κ1) is 55.6. The zero-order valence-electron chi connectivity index (χ0n) is 36.4. The van der Waals surface area contributed by atoms with Gasteiger partial charge in [0.15, 0.2) is 0 Å². The van der Waals surface area contributed by atoms with E-state index in [4.69, 9.17) is 11.2 Å². The number of ether oxygens (including phenoxy) is 1. The summed E-state index contributed by atoms with van der Waals surface area (Å²) in [5.41, 5.74) is -0.304. The molecule has 0 aliphatic heterocycles. The molecule has 25 heteroatoms. The molecule has 0 aromatic carbocycles. The topological polar surface area (TPSA) is 412 Å². The van der Waals surface area contributed by atoms with Gasteiger partial charge in [0, 0.05) is 32.9 Å². The largest absolute Gasteiger partial charge is 0.394 e. The first-order valence-corrected chi connectivity index (χ1v) is 19.7. The number of rotatable bonds is 31. The molecule has 0 bridgehead atoms. The second kappa shape index (κ2) is 29.8. The number of ketones is 1. The molecule has 0 aromatic rings. The summed E-state index contributed by atoms with van der Waals surface area (Å²) in [5, 5.41) is 105. The number of aliphatic hydroxyl groups excluding tert-OH is 9. The Bertz CT molecular complexity index is 1470. The van der Waals surface area contributed by atoms with Gasteiger partial charge in [-0.15, -0.1) is 0 Å². The van der Waals surface area contributed by atoms with Crippen molar-refractivity contribution in [3.63, 3.8) is 0 Å². The smallest absolute Gasteiger partial charge is 0.245 e. The van der Waals surface area contributed by atoms with Crippen molar-refractivity contribution in [3.8, 4) is 0 Å². The first-order valence-electron chi connectivity index (χ1n) is 20.5. The lowest BCUT2D eigenvalue weighted by Crippen LogP contribution is -2.57. The van der Waals surface area contributed by atoms with Gasteiger partial charge in [0.05, 0.1) is 59.1 Å². The van der Waals surface area contributed by atoms with E-state index in [9.17, 15) is 79.2 Å². The highest BCUT2D eigenvalue weighted by Crippen LogP contribution is 2.17. The van der Waals surface area contributed by atoms with Crippen LogP contribution in [0.4, 0.5) is 0 Å². The van der Waals surface area contributed by atoms with Crippen LogP contribution in [0, 0.1) is 5.41 Å². The molecule has 0 saturated heterocycles. The minimum absolute atomic E-state index is 0.0613. The van der Waals surface area contributed by atoms with Crippen molar-refractivity contribution in [2.24, 2.45) is 5.41 Å². The Morgan fingerprint density at radius 2 is 1.03 bits per heavy atom. The number of methoxy groups -OCH3 is 1. The number of nitrogens with one attached hydrogen (secondary N) is 7. The second-order valence-electron chi connectivity index (χ2n) is 15.6. The molecule has 25 nitrogen and oxygen atoms in total. The lowest BCUT2D eigenvalue weighted by Gasteiger charge is -2.27. The maximum atomic E-state index is 13.4. The van der Waals surface area contributed by atoms with Crippen molar-refractivity contribution in [2.75, 3.05) is 53.0 Å². The molecular formula is C37H67N7O18. The highest BCUT2D eigenvalue weighted by molar-refractivity contribution is 5.94. The summed E-state index contributed by atoms with van der Waals surface area (Å²) < 4.78 is 12.2. The van der Waals surface area contributed by atoms with Gasteiger partial charge in [-0.3, -0.25) is 38.4 Å². The minimum atomic E-state index is -2.07. The summed E-state index contributed by atoms with van der Waals surface area (Å²) >= 11 is 0. The number of carbonyl (C=O) groups is 8. The molecule has 0 spiro atoms. The van der Waals surface area contributed by atoms with Gasteiger partial charge in [0.2, 0.25) is 41.4 Å². The van der Waals surface area contributed by atoms with E-state index in [1.807, 2.05) is 20.8 Å². The average molecular weight is 899 g/mol. The van der Waals surface area contributed by atoms with Crippen LogP contribution in [0.25, 0.3) is 0 Å². The molecule has 0 radical (unpaired) electrons. The number of aliphatic hydroxyl groups is 9. The fraction of sp³-hybridized carbons (Fsp3) is 0.784. The minimum Gasteiger partial charge on any atom is -0.394 e. The van der Waals surface area contributed by atoms with Gasteiger partial charge >= 0.3 is 0 Å². The summed E-state index contributed by atoms with van der Waals surface area (Å²) in [6.07, 6.45) is -15.8. The quantitative estimate of drug-likeness (QED) is 0.0307. The molecule has 0 heterocycles. The molecule has 62 heavy (non-hydrogen) atoms. The van der Waals surface area contributed by atoms with E-state index in [2.05, 4.69) is 37.2 Å². The second-order valence-corrected chi connectivity index (χ2v) is 15.6. The van der Waals surface area contributed by atoms with Crippen molar-refractivity contribution < 1.29 is 90.4 Å². The Kier molecular flexibility index (Phi) is 26.7. The van der Waals surface area contributed by atoms with Crippen LogP contribution in [0.1, 0.15) is 67.6 Å². The Morgan fingerprint density at radius 1 is 0.565 bits per heavy atom. The number of Topliss-reactive ketones (excluding diaryl/α,β-unsaturated/α-hetero) is 1. The van der Waals surface area contributed by atoms with Crippen LogP contribution < -0.4 is 37.2 Å².